The highest BCUT2D eigenvalue weighted by molar-refractivity contribution is 6.35. The van der Waals surface area contributed by atoms with Gasteiger partial charge in [0.25, 0.3) is 0 Å². The molecule has 0 amide bonds. The van der Waals surface area contributed by atoms with Crippen LogP contribution in [-0.2, 0) is 5.41 Å². The fourth-order valence-corrected chi connectivity index (χ4v) is 3.14. The third-order valence-electron chi connectivity index (χ3n) is 3.41. The number of benzene rings is 1. The third kappa shape index (κ3) is 1.99. The molecular weight excluding hydrogens is 257 g/mol. The van der Waals surface area contributed by atoms with Crippen molar-refractivity contribution < 1.29 is 4.74 Å². The van der Waals surface area contributed by atoms with Gasteiger partial charge in [0.05, 0.1) is 23.6 Å². The van der Waals surface area contributed by atoms with Gasteiger partial charge < -0.3 is 4.74 Å². The maximum atomic E-state index is 9.50. The summed E-state index contributed by atoms with van der Waals surface area (Å²) in [6.07, 6.45) is 3.72. The quantitative estimate of drug-likeness (QED) is 0.800. The van der Waals surface area contributed by atoms with E-state index >= 15 is 0 Å². The molecule has 1 saturated carbocycles. The van der Waals surface area contributed by atoms with Crippen molar-refractivity contribution in [3.8, 4) is 11.8 Å². The summed E-state index contributed by atoms with van der Waals surface area (Å²) in [7, 11) is 1.56. The van der Waals surface area contributed by atoms with E-state index in [9.17, 15) is 5.26 Å². The van der Waals surface area contributed by atoms with E-state index in [1.807, 2.05) is 0 Å². The van der Waals surface area contributed by atoms with Crippen LogP contribution in [-0.4, -0.2) is 7.11 Å². The molecule has 1 aliphatic rings. The van der Waals surface area contributed by atoms with Gasteiger partial charge in [-0.1, -0.05) is 36.0 Å². The Morgan fingerprint density at radius 2 is 1.82 bits per heavy atom. The van der Waals surface area contributed by atoms with E-state index < -0.39 is 5.41 Å². The van der Waals surface area contributed by atoms with Crippen molar-refractivity contribution in [2.24, 2.45) is 0 Å². The standard InChI is InChI=1S/C13H13Cl2NO/c1-17-12-10(15)5-4-9(14)11(12)13(8-16)6-2-3-7-13/h4-5H,2-3,6-7H2,1H3. The number of nitrogens with zero attached hydrogens (tertiary/aromatic N) is 1. The van der Waals surface area contributed by atoms with Crippen LogP contribution in [0.4, 0.5) is 0 Å². The molecule has 1 fully saturated rings. The van der Waals surface area contributed by atoms with Crippen molar-refractivity contribution in [2.75, 3.05) is 7.11 Å². The Morgan fingerprint density at radius 1 is 1.24 bits per heavy atom. The first-order valence-corrected chi connectivity index (χ1v) is 6.34. The maximum Gasteiger partial charge on any atom is 0.143 e. The molecule has 4 heteroatoms. The van der Waals surface area contributed by atoms with E-state index in [1.165, 1.54) is 0 Å². The zero-order valence-corrected chi connectivity index (χ0v) is 11.1. The summed E-state index contributed by atoms with van der Waals surface area (Å²) in [5.41, 5.74) is 0.224. The Bertz CT molecular complexity index is 473. The molecule has 0 radical (unpaired) electrons. The molecule has 1 aliphatic carbocycles. The molecule has 0 spiro atoms. The predicted octanol–water partition coefficient (Wildman–Crippen LogP) is 4.34. The summed E-state index contributed by atoms with van der Waals surface area (Å²) < 4.78 is 5.33. The highest BCUT2D eigenvalue weighted by Gasteiger charge is 2.40. The van der Waals surface area contributed by atoms with E-state index in [-0.39, 0.29) is 0 Å². The van der Waals surface area contributed by atoms with Crippen LogP contribution in [0.1, 0.15) is 31.2 Å². The minimum absolute atomic E-state index is 0.508. The molecule has 2 rings (SSSR count). The fraction of sp³-hybridized carbons (Fsp3) is 0.462. The zero-order valence-electron chi connectivity index (χ0n) is 9.59. The summed E-state index contributed by atoms with van der Waals surface area (Å²) in [5.74, 6) is 0.544. The molecule has 0 bridgehead atoms. The molecule has 0 unspecified atom stereocenters. The minimum atomic E-state index is -0.534. The molecule has 0 atom stereocenters. The number of hydrogen-bond donors (Lipinski definition) is 0. The third-order valence-corrected chi connectivity index (χ3v) is 4.03. The lowest BCUT2D eigenvalue weighted by Gasteiger charge is -2.25. The molecule has 1 aromatic rings. The van der Waals surface area contributed by atoms with Crippen LogP contribution in [0.25, 0.3) is 0 Å². The predicted molar refractivity (Wildman–Crippen MR) is 68.8 cm³/mol. The normalized spacial score (nSPS) is 17.8. The lowest BCUT2D eigenvalue weighted by atomic mass is 9.80. The van der Waals surface area contributed by atoms with Gasteiger partial charge in [0, 0.05) is 10.6 Å². The summed E-state index contributed by atoms with van der Waals surface area (Å²) in [6.45, 7) is 0. The second-order valence-corrected chi connectivity index (χ2v) is 5.15. The molecule has 0 aromatic heterocycles. The Kier molecular flexibility index (Phi) is 3.51. The molecule has 0 heterocycles. The highest BCUT2D eigenvalue weighted by Crippen LogP contribution is 2.49. The van der Waals surface area contributed by atoms with Gasteiger partial charge in [-0.3, -0.25) is 0 Å². The Labute approximate surface area is 111 Å². The van der Waals surface area contributed by atoms with Gasteiger partial charge >= 0.3 is 0 Å². The van der Waals surface area contributed by atoms with Gasteiger partial charge in [-0.25, -0.2) is 0 Å². The summed E-state index contributed by atoms with van der Waals surface area (Å²) in [4.78, 5) is 0. The second-order valence-electron chi connectivity index (χ2n) is 4.34. The van der Waals surface area contributed by atoms with Crippen LogP contribution in [0.3, 0.4) is 0 Å². The van der Waals surface area contributed by atoms with E-state index in [0.29, 0.717) is 15.8 Å². The number of ether oxygens (including phenoxy) is 1. The van der Waals surface area contributed by atoms with E-state index in [1.54, 1.807) is 19.2 Å². The van der Waals surface area contributed by atoms with Crippen molar-refractivity contribution in [2.45, 2.75) is 31.1 Å². The number of halogens is 2. The molecule has 17 heavy (non-hydrogen) atoms. The Balaban J connectivity index is 2.65. The summed E-state index contributed by atoms with van der Waals surface area (Å²) in [5, 5.41) is 10.6. The minimum Gasteiger partial charge on any atom is -0.495 e. The van der Waals surface area contributed by atoms with Gasteiger partial charge in [0.2, 0.25) is 0 Å². The van der Waals surface area contributed by atoms with E-state index in [4.69, 9.17) is 27.9 Å². The monoisotopic (exact) mass is 269 g/mol. The summed E-state index contributed by atoms with van der Waals surface area (Å²) in [6, 6.07) is 5.85. The molecule has 2 nitrogen and oxygen atoms in total. The molecular formula is C13H13Cl2NO. The smallest absolute Gasteiger partial charge is 0.143 e. The molecule has 0 saturated heterocycles. The van der Waals surface area contributed by atoms with Crippen molar-refractivity contribution in [3.63, 3.8) is 0 Å². The number of hydrogen-bond acceptors (Lipinski definition) is 2. The second kappa shape index (κ2) is 4.76. The van der Waals surface area contributed by atoms with Gasteiger partial charge in [-0.15, -0.1) is 0 Å². The van der Waals surface area contributed by atoms with E-state index in [2.05, 4.69) is 6.07 Å². The molecule has 0 N–H and O–H groups in total. The van der Waals surface area contributed by atoms with Gasteiger partial charge in [-0.2, -0.15) is 5.26 Å². The van der Waals surface area contributed by atoms with Crippen molar-refractivity contribution in [1.29, 1.82) is 5.26 Å². The largest absolute Gasteiger partial charge is 0.495 e. The zero-order chi connectivity index (χ0) is 12.5. The van der Waals surface area contributed by atoms with Gasteiger partial charge in [-0.05, 0) is 25.0 Å². The SMILES string of the molecule is COc1c(Cl)ccc(Cl)c1C1(C#N)CCCC1. The Morgan fingerprint density at radius 3 is 2.35 bits per heavy atom. The van der Waals surface area contributed by atoms with Crippen molar-refractivity contribution in [3.05, 3.63) is 27.7 Å². The van der Waals surface area contributed by atoms with Gasteiger partial charge in [0.1, 0.15) is 5.75 Å². The first-order valence-electron chi connectivity index (χ1n) is 5.58. The number of methoxy groups -OCH3 is 1. The van der Waals surface area contributed by atoms with Crippen LogP contribution in [0, 0.1) is 11.3 Å². The van der Waals surface area contributed by atoms with Crippen molar-refractivity contribution in [1.82, 2.24) is 0 Å². The topological polar surface area (TPSA) is 33.0 Å². The molecule has 1 aromatic carbocycles. The average Bonchev–Trinajstić information content (AvgIpc) is 2.81. The average molecular weight is 270 g/mol. The van der Waals surface area contributed by atoms with Crippen molar-refractivity contribution >= 4 is 23.2 Å². The first kappa shape index (κ1) is 12.5. The lowest BCUT2D eigenvalue weighted by molar-refractivity contribution is 0.397. The van der Waals surface area contributed by atoms with Crippen LogP contribution in [0.15, 0.2) is 12.1 Å². The fourth-order valence-electron chi connectivity index (χ4n) is 2.57. The Hall–Kier alpha value is -0.910. The van der Waals surface area contributed by atoms with Crippen LogP contribution in [0.5, 0.6) is 5.75 Å². The van der Waals surface area contributed by atoms with Gasteiger partial charge in [0.15, 0.2) is 0 Å². The summed E-state index contributed by atoms with van der Waals surface area (Å²) >= 11 is 12.3. The number of rotatable bonds is 2. The first-order chi connectivity index (χ1) is 8.14. The molecule has 90 valence electrons. The molecule has 0 aliphatic heterocycles. The van der Waals surface area contributed by atoms with E-state index in [0.717, 1.165) is 31.2 Å². The van der Waals surface area contributed by atoms with Crippen LogP contribution in [0.2, 0.25) is 10.0 Å². The highest BCUT2D eigenvalue weighted by atomic mass is 35.5. The van der Waals surface area contributed by atoms with Crippen LogP contribution >= 0.6 is 23.2 Å². The number of nitriles is 1. The lowest BCUT2D eigenvalue weighted by Crippen LogP contribution is -2.21. The maximum absolute atomic E-state index is 9.50. The van der Waals surface area contributed by atoms with Crippen LogP contribution < -0.4 is 4.74 Å².